The van der Waals surface area contributed by atoms with Crippen molar-refractivity contribution < 1.29 is 14.2 Å². The van der Waals surface area contributed by atoms with Crippen molar-refractivity contribution in [1.82, 2.24) is 14.7 Å². The van der Waals surface area contributed by atoms with Crippen molar-refractivity contribution in [2.24, 2.45) is 13.0 Å². The Morgan fingerprint density at radius 2 is 1.56 bits per heavy atom. The lowest BCUT2D eigenvalue weighted by Crippen LogP contribution is -2.35. The van der Waals surface area contributed by atoms with E-state index >= 15 is 0 Å². The summed E-state index contributed by atoms with van der Waals surface area (Å²) in [6, 6.07) is 26.3. The number of hydrogen-bond acceptors (Lipinski definition) is 4. The standard InChI is InChI=1S/C30H34FN3O2/c1-22(2)19-34(20-25(35)18-23-12-6-4-7-13-23)21-26-29(24-14-8-5-9-15-24)32-33(3)30(26)36-28-17-11-10-16-27(28)31/h4-17,22,25,35H,18-21H2,1-3H3/t25-/m0/s1. The smallest absolute Gasteiger partial charge is 0.222 e. The number of benzene rings is 3. The van der Waals surface area contributed by atoms with Gasteiger partial charge in [-0.15, -0.1) is 0 Å². The van der Waals surface area contributed by atoms with Crippen molar-refractivity contribution >= 4 is 0 Å². The van der Waals surface area contributed by atoms with Crippen molar-refractivity contribution in [3.8, 4) is 22.9 Å². The first kappa shape index (κ1) is 25.6. The molecule has 188 valence electrons. The predicted octanol–water partition coefficient (Wildman–Crippen LogP) is 6.08. The Morgan fingerprint density at radius 3 is 2.22 bits per heavy atom. The van der Waals surface area contributed by atoms with Gasteiger partial charge < -0.3 is 9.84 Å². The van der Waals surface area contributed by atoms with Crippen molar-refractivity contribution in [3.63, 3.8) is 0 Å². The number of para-hydroxylation sites is 1. The minimum absolute atomic E-state index is 0.154. The highest BCUT2D eigenvalue weighted by Gasteiger charge is 2.24. The second-order valence-electron chi connectivity index (χ2n) is 9.59. The number of aromatic nitrogens is 2. The first-order valence-corrected chi connectivity index (χ1v) is 12.4. The first-order valence-electron chi connectivity index (χ1n) is 12.4. The van der Waals surface area contributed by atoms with E-state index in [0.29, 0.717) is 31.3 Å². The van der Waals surface area contributed by atoms with Gasteiger partial charge in [-0.25, -0.2) is 9.07 Å². The maximum atomic E-state index is 14.5. The Morgan fingerprint density at radius 1 is 0.917 bits per heavy atom. The molecule has 0 fully saturated rings. The summed E-state index contributed by atoms with van der Waals surface area (Å²) in [6.07, 6.45) is 0.0472. The molecule has 36 heavy (non-hydrogen) atoms. The van der Waals surface area contributed by atoms with E-state index in [2.05, 4.69) is 18.7 Å². The summed E-state index contributed by atoms with van der Waals surface area (Å²) >= 11 is 0. The molecular weight excluding hydrogens is 453 g/mol. The van der Waals surface area contributed by atoms with E-state index in [4.69, 9.17) is 9.84 Å². The maximum Gasteiger partial charge on any atom is 0.222 e. The molecule has 1 N–H and O–H groups in total. The van der Waals surface area contributed by atoms with E-state index in [-0.39, 0.29) is 5.75 Å². The number of rotatable bonds is 11. The summed E-state index contributed by atoms with van der Waals surface area (Å²) in [5.74, 6) is 0.607. The zero-order valence-electron chi connectivity index (χ0n) is 21.1. The molecule has 0 radical (unpaired) electrons. The van der Waals surface area contributed by atoms with Gasteiger partial charge in [-0.3, -0.25) is 4.90 Å². The molecule has 4 rings (SSSR count). The lowest BCUT2D eigenvalue weighted by atomic mass is 10.0. The van der Waals surface area contributed by atoms with Gasteiger partial charge in [0.05, 0.1) is 11.7 Å². The number of ether oxygens (including phenoxy) is 1. The molecule has 0 saturated carbocycles. The normalized spacial score (nSPS) is 12.3. The molecule has 3 aromatic carbocycles. The van der Waals surface area contributed by atoms with E-state index in [9.17, 15) is 9.50 Å². The van der Waals surface area contributed by atoms with Crippen molar-refractivity contribution in [1.29, 1.82) is 0 Å². The fraction of sp³-hybridized carbons (Fsp3) is 0.300. The predicted molar refractivity (Wildman–Crippen MR) is 141 cm³/mol. The summed E-state index contributed by atoms with van der Waals surface area (Å²) < 4.78 is 22.3. The molecule has 0 saturated heterocycles. The van der Waals surface area contributed by atoms with E-state index in [1.54, 1.807) is 22.9 Å². The van der Waals surface area contributed by atoms with E-state index in [0.717, 1.165) is 28.9 Å². The summed E-state index contributed by atoms with van der Waals surface area (Å²) in [5, 5.41) is 15.7. The number of aliphatic hydroxyl groups is 1. The van der Waals surface area contributed by atoms with Crippen LogP contribution in [-0.4, -0.2) is 39.0 Å². The summed E-state index contributed by atoms with van der Waals surface area (Å²) in [5.41, 5.74) is 3.71. The second kappa shape index (κ2) is 12.0. The molecule has 4 aromatic rings. The monoisotopic (exact) mass is 487 g/mol. The Labute approximate surface area is 212 Å². The van der Waals surface area contributed by atoms with Crippen molar-refractivity contribution in [2.75, 3.05) is 13.1 Å². The van der Waals surface area contributed by atoms with E-state index in [1.165, 1.54) is 6.07 Å². The van der Waals surface area contributed by atoms with Gasteiger partial charge in [-0.2, -0.15) is 5.10 Å². The molecule has 6 heteroatoms. The molecule has 1 heterocycles. The fourth-order valence-corrected chi connectivity index (χ4v) is 4.47. The van der Waals surface area contributed by atoms with Gasteiger partial charge in [0.2, 0.25) is 5.88 Å². The Balaban J connectivity index is 1.67. The molecule has 1 aromatic heterocycles. The van der Waals surface area contributed by atoms with Crippen LogP contribution < -0.4 is 4.74 Å². The van der Waals surface area contributed by atoms with Crippen LogP contribution in [0, 0.1) is 11.7 Å². The molecule has 0 aliphatic rings. The van der Waals surface area contributed by atoms with Crippen LogP contribution in [0.1, 0.15) is 25.0 Å². The van der Waals surface area contributed by atoms with Gasteiger partial charge in [0.15, 0.2) is 11.6 Å². The van der Waals surface area contributed by atoms with Gasteiger partial charge in [0.1, 0.15) is 5.69 Å². The fourth-order valence-electron chi connectivity index (χ4n) is 4.47. The summed E-state index contributed by atoms with van der Waals surface area (Å²) in [7, 11) is 1.81. The molecule has 0 spiro atoms. The highest BCUT2D eigenvalue weighted by atomic mass is 19.1. The third-order valence-corrected chi connectivity index (χ3v) is 5.97. The number of hydrogen-bond donors (Lipinski definition) is 1. The number of halogens is 1. The molecule has 0 aliphatic heterocycles. The second-order valence-corrected chi connectivity index (χ2v) is 9.59. The first-order chi connectivity index (χ1) is 17.4. The van der Waals surface area contributed by atoms with Crippen molar-refractivity contribution in [3.05, 3.63) is 102 Å². The molecule has 0 amide bonds. The quantitative estimate of drug-likeness (QED) is 0.279. The van der Waals surface area contributed by atoms with Crippen LogP contribution in [-0.2, 0) is 20.0 Å². The average molecular weight is 488 g/mol. The highest BCUT2D eigenvalue weighted by Crippen LogP contribution is 2.35. The van der Waals surface area contributed by atoms with Gasteiger partial charge in [-0.05, 0) is 30.0 Å². The summed E-state index contributed by atoms with van der Waals surface area (Å²) in [4.78, 5) is 2.23. The average Bonchev–Trinajstić information content (AvgIpc) is 3.16. The van der Waals surface area contributed by atoms with Crippen LogP contribution in [0.3, 0.4) is 0 Å². The Hall–Kier alpha value is -3.48. The van der Waals surface area contributed by atoms with Crippen LogP contribution in [0.5, 0.6) is 11.6 Å². The molecule has 0 bridgehead atoms. The van der Waals surface area contributed by atoms with E-state index < -0.39 is 11.9 Å². The van der Waals surface area contributed by atoms with Crippen molar-refractivity contribution in [2.45, 2.75) is 32.9 Å². The SMILES string of the molecule is CC(C)CN(Cc1c(-c2ccccc2)nn(C)c1Oc1ccccc1F)C[C@@H](O)Cc1ccccc1. The molecule has 1 atom stereocenters. The minimum Gasteiger partial charge on any atom is -0.436 e. The minimum atomic E-state index is -0.529. The zero-order valence-corrected chi connectivity index (χ0v) is 21.1. The lowest BCUT2D eigenvalue weighted by molar-refractivity contribution is 0.101. The van der Waals surface area contributed by atoms with Gasteiger partial charge in [-0.1, -0.05) is 86.6 Å². The van der Waals surface area contributed by atoms with Crippen LogP contribution in [0.2, 0.25) is 0 Å². The number of aryl methyl sites for hydroxylation is 1. The van der Waals surface area contributed by atoms with Gasteiger partial charge in [0.25, 0.3) is 0 Å². The van der Waals surface area contributed by atoms with Gasteiger partial charge in [0, 0.05) is 32.2 Å². The number of aliphatic hydroxyl groups excluding tert-OH is 1. The van der Waals surface area contributed by atoms with Gasteiger partial charge >= 0.3 is 0 Å². The zero-order chi connectivity index (χ0) is 25.5. The lowest BCUT2D eigenvalue weighted by Gasteiger charge is -2.27. The van der Waals surface area contributed by atoms with Crippen LogP contribution >= 0.6 is 0 Å². The molecule has 5 nitrogen and oxygen atoms in total. The number of nitrogens with zero attached hydrogens (tertiary/aromatic N) is 3. The molecule has 0 unspecified atom stereocenters. The van der Waals surface area contributed by atoms with Crippen LogP contribution in [0.4, 0.5) is 4.39 Å². The Kier molecular flexibility index (Phi) is 8.52. The largest absolute Gasteiger partial charge is 0.436 e. The molecular formula is C30H34FN3O2. The third-order valence-electron chi connectivity index (χ3n) is 5.97. The maximum absolute atomic E-state index is 14.5. The third kappa shape index (κ3) is 6.59. The van der Waals surface area contributed by atoms with Crippen LogP contribution in [0.25, 0.3) is 11.3 Å². The summed E-state index contributed by atoms with van der Waals surface area (Å²) in [6.45, 7) is 6.11. The topological polar surface area (TPSA) is 50.5 Å². The van der Waals surface area contributed by atoms with Crippen LogP contribution in [0.15, 0.2) is 84.9 Å². The Bertz CT molecular complexity index is 1240. The van der Waals surface area contributed by atoms with E-state index in [1.807, 2.05) is 67.7 Å². The highest BCUT2D eigenvalue weighted by molar-refractivity contribution is 5.65. The molecule has 0 aliphatic carbocycles.